The number of ether oxygens (including phenoxy) is 2. The Labute approximate surface area is 84.3 Å². The third kappa shape index (κ3) is 2.39. The Morgan fingerprint density at radius 1 is 1.29 bits per heavy atom. The van der Waals surface area contributed by atoms with Gasteiger partial charge in [-0.05, 0) is 18.6 Å². The molecule has 0 fully saturated rings. The van der Waals surface area contributed by atoms with Crippen LogP contribution in [-0.2, 0) is 0 Å². The minimum absolute atomic E-state index is 0.222. The maximum atomic E-state index is 7.00. The van der Waals surface area contributed by atoms with Crippen LogP contribution in [0.2, 0.25) is 0 Å². The molecule has 2 rings (SSSR count). The molecule has 0 aliphatic carbocycles. The number of para-hydroxylation sites is 2. The summed E-state index contributed by atoms with van der Waals surface area (Å²) in [5, 5.41) is 7.00. The van der Waals surface area contributed by atoms with E-state index in [0.29, 0.717) is 6.61 Å². The van der Waals surface area contributed by atoms with Crippen LogP contribution in [0.15, 0.2) is 24.3 Å². The van der Waals surface area contributed by atoms with E-state index in [0.717, 1.165) is 25.0 Å². The summed E-state index contributed by atoms with van der Waals surface area (Å²) in [6.07, 6.45) is 1.22. The smallest absolute Gasteiger partial charge is 0.161 e. The van der Waals surface area contributed by atoms with E-state index in [9.17, 15) is 0 Å². The van der Waals surface area contributed by atoms with E-state index in [2.05, 4.69) is 6.92 Å². The summed E-state index contributed by atoms with van der Waals surface area (Å²) in [6, 6.07) is 7.78. The predicted molar refractivity (Wildman–Crippen MR) is 54.8 cm³/mol. The molecule has 0 amide bonds. The first-order valence-electron chi connectivity index (χ1n) is 4.73. The number of benzene rings is 1. The summed E-state index contributed by atoms with van der Waals surface area (Å²) in [5.41, 5.74) is 0. The van der Waals surface area contributed by atoms with Gasteiger partial charge >= 0.3 is 0 Å². The minimum Gasteiger partial charge on any atom is -0.486 e. The van der Waals surface area contributed by atoms with Crippen LogP contribution in [0.3, 0.4) is 0 Å². The summed E-state index contributed by atoms with van der Waals surface area (Å²) in [4.78, 5) is 0. The van der Waals surface area contributed by atoms with Crippen LogP contribution in [0.4, 0.5) is 0 Å². The van der Waals surface area contributed by atoms with Crippen LogP contribution in [0.1, 0.15) is 13.3 Å². The lowest BCUT2D eigenvalue weighted by Crippen LogP contribution is -2.28. The molecular weight excluding hydrogens is 180 g/mol. The fourth-order valence-corrected chi connectivity index (χ4v) is 1.26. The average molecular weight is 196 g/mol. The van der Waals surface area contributed by atoms with Gasteiger partial charge in [-0.1, -0.05) is 19.1 Å². The highest BCUT2D eigenvalue weighted by atomic mass is 16.6. The Bertz CT molecular complexity index is 273. The van der Waals surface area contributed by atoms with Gasteiger partial charge in [0, 0.05) is 7.11 Å². The molecule has 3 nitrogen and oxygen atoms in total. The molecule has 1 aliphatic heterocycles. The van der Waals surface area contributed by atoms with Crippen molar-refractivity contribution in [3.63, 3.8) is 0 Å². The van der Waals surface area contributed by atoms with Gasteiger partial charge < -0.3 is 14.6 Å². The molecular formula is C11H16O3. The van der Waals surface area contributed by atoms with Crippen LogP contribution in [0.25, 0.3) is 0 Å². The first-order valence-corrected chi connectivity index (χ1v) is 4.73. The first kappa shape index (κ1) is 10.9. The van der Waals surface area contributed by atoms with Crippen molar-refractivity contribution in [3.8, 4) is 11.5 Å². The van der Waals surface area contributed by atoms with Crippen molar-refractivity contribution < 1.29 is 14.6 Å². The molecule has 3 heteroatoms. The Kier molecular flexibility index (Phi) is 4.26. The van der Waals surface area contributed by atoms with Gasteiger partial charge in [-0.2, -0.15) is 0 Å². The standard InChI is InChI=1S/C10H12O2.CH4O/c1-2-8-7-11-9-5-3-4-6-10(9)12-8;1-2/h3-6,8H,2,7H2,1H3;2H,1H3. The Morgan fingerprint density at radius 2 is 1.93 bits per heavy atom. The predicted octanol–water partition coefficient (Wildman–Crippen LogP) is 1.84. The van der Waals surface area contributed by atoms with Crippen LogP contribution in [-0.4, -0.2) is 24.9 Å². The molecule has 0 saturated carbocycles. The molecule has 14 heavy (non-hydrogen) atoms. The average Bonchev–Trinajstić information content (AvgIpc) is 2.31. The molecule has 1 N–H and O–H groups in total. The number of rotatable bonds is 1. The van der Waals surface area contributed by atoms with E-state index in [-0.39, 0.29) is 6.10 Å². The van der Waals surface area contributed by atoms with Crippen molar-refractivity contribution in [1.82, 2.24) is 0 Å². The molecule has 0 radical (unpaired) electrons. The van der Waals surface area contributed by atoms with Crippen LogP contribution in [0, 0.1) is 0 Å². The highest BCUT2D eigenvalue weighted by Gasteiger charge is 2.17. The van der Waals surface area contributed by atoms with Crippen LogP contribution in [0.5, 0.6) is 11.5 Å². The van der Waals surface area contributed by atoms with E-state index in [1.54, 1.807) is 0 Å². The lowest BCUT2D eigenvalue weighted by Gasteiger charge is -2.25. The Morgan fingerprint density at radius 3 is 2.57 bits per heavy atom. The molecule has 0 saturated heterocycles. The van der Waals surface area contributed by atoms with Gasteiger partial charge in [-0.3, -0.25) is 0 Å². The third-order valence-electron chi connectivity index (χ3n) is 2.02. The monoisotopic (exact) mass is 196 g/mol. The zero-order valence-corrected chi connectivity index (χ0v) is 8.56. The topological polar surface area (TPSA) is 38.7 Å². The van der Waals surface area contributed by atoms with Gasteiger partial charge in [0.15, 0.2) is 11.5 Å². The van der Waals surface area contributed by atoms with Gasteiger partial charge in [0.25, 0.3) is 0 Å². The summed E-state index contributed by atoms with van der Waals surface area (Å²) >= 11 is 0. The van der Waals surface area contributed by atoms with Gasteiger partial charge in [0.2, 0.25) is 0 Å². The fraction of sp³-hybridized carbons (Fsp3) is 0.455. The molecule has 0 bridgehead atoms. The van der Waals surface area contributed by atoms with Gasteiger partial charge in [-0.25, -0.2) is 0 Å². The maximum absolute atomic E-state index is 7.00. The van der Waals surface area contributed by atoms with Gasteiger partial charge in [-0.15, -0.1) is 0 Å². The van der Waals surface area contributed by atoms with Crippen molar-refractivity contribution >= 4 is 0 Å². The Balaban J connectivity index is 0.000000461. The zero-order valence-electron chi connectivity index (χ0n) is 8.56. The summed E-state index contributed by atoms with van der Waals surface area (Å²) in [6.45, 7) is 2.77. The van der Waals surface area contributed by atoms with E-state index in [1.165, 1.54) is 0 Å². The van der Waals surface area contributed by atoms with E-state index in [1.807, 2.05) is 24.3 Å². The maximum Gasteiger partial charge on any atom is 0.161 e. The SMILES string of the molecule is CCC1COc2ccccc2O1.CO. The highest BCUT2D eigenvalue weighted by Crippen LogP contribution is 2.31. The second kappa shape index (κ2) is 5.50. The van der Waals surface area contributed by atoms with Crippen molar-refractivity contribution in [2.45, 2.75) is 19.4 Å². The summed E-state index contributed by atoms with van der Waals surface area (Å²) in [7, 11) is 1.00. The second-order valence-corrected chi connectivity index (χ2v) is 2.91. The van der Waals surface area contributed by atoms with Gasteiger partial charge in [0.1, 0.15) is 12.7 Å². The van der Waals surface area contributed by atoms with Crippen LogP contribution >= 0.6 is 0 Å². The molecule has 1 atom stereocenters. The first-order chi connectivity index (χ1) is 6.90. The normalized spacial score (nSPS) is 18.1. The van der Waals surface area contributed by atoms with Crippen molar-refractivity contribution in [2.24, 2.45) is 0 Å². The number of aliphatic hydroxyl groups excluding tert-OH is 1. The highest BCUT2D eigenvalue weighted by molar-refractivity contribution is 5.40. The number of aliphatic hydroxyl groups is 1. The molecule has 0 spiro atoms. The molecule has 1 unspecified atom stereocenters. The molecule has 1 aromatic rings. The summed E-state index contributed by atoms with van der Waals surface area (Å²) < 4.78 is 11.2. The third-order valence-corrected chi connectivity index (χ3v) is 2.02. The number of hydrogen-bond donors (Lipinski definition) is 1. The van der Waals surface area contributed by atoms with E-state index >= 15 is 0 Å². The molecule has 1 aliphatic rings. The van der Waals surface area contributed by atoms with Crippen LogP contribution < -0.4 is 9.47 Å². The zero-order chi connectivity index (χ0) is 10.4. The van der Waals surface area contributed by atoms with Crippen molar-refractivity contribution in [1.29, 1.82) is 0 Å². The Hall–Kier alpha value is -1.22. The lowest BCUT2D eigenvalue weighted by atomic mass is 10.2. The second-order valence-electron chi connectivity index (χ2n) is 2.91. The van der Waals surface area contributed by atoms with E-state index < -0.39 is 0 Å². The summed E-state index contributed by atoms with van der Waals surface area (Å²) in [5.74, 6) is 1.73. The quantitative estimate of drug-likeness (QED) is 0.745. The van der Waals surface area contributed by atoms with E-state index in [4.69, 9.17) is 14.6 Å². The molecule has 78 valence electrons. The largest absolute Gasteiger partial charge is 0.486 e. The fourth-order valence-electron chi connectivity index (χ4n) is 1.26. The number of fused-ring (bicyclic) bond motifs is 1. The lowest BCUT2D eigenvalue weighted by molar-refractivity contribution is 0.0884. The molecule has 1 heterocycles. The molecule has 1 aromatic carbocycles. The van der Waals surface area contributed by atoms with Crippen molar-refractivity contribution in [3.05, 3.63) is 24.3 Å². The van der Waals surface area contributed by atoms with Crippen molar-refractivity contribution in [2.75, 3.05) is 13.7 Å². The number of hydrogen-bond acceptors (Lipinski definition) is 3. The van der Waals surface area contributed by atoms with Gasteiger partial charge in [0.05, 0.1) is 0 Å². The molecule has 0 aromatic heterocycles. The minimum atomic E-state index is 0.222.